The highest BCUT2D eigenvalue weighted by Gasteiger charge is 2.13. The molecule has 19 heavy (non-hydrogen) atoms. The SMILES string of the molecule is CCOC(=O)CSc1nnc2[nH]c(=O)cc(CC)n12. The number of aryl methyl sites for hydroxylation is 1. The lowest BCUT2D eigenvalue weighted by molar-refractivity contribution is -0.139. The second-order valence-electron chi connectivity index (χ2n) is 3.71. The van der Waals surface area contributed by atoms with Crippen molar-refractivity contribution in [1.29, 1.82) is 0 Å². The van der Waals surface area contributed by atoms with Crippen molar-refractivity contribution < 1.29 is 9.53 Å². The molecule has 0 aliphatic carbocycles. The Kier molecular flexibility index (Phi) is 4.20. The molecule has 2 heterocycles. The predicted molar refractivity (Wildman–Crippen MR) is 70.3 cm³/mol. The van der Waals surface area contributed by atoms with Gasteiger partial charge in [0.05, 0.1) is 12.4 Å². The lowest BCUT2D eigenvalue weighted by Crippen LogP contribution is -2.12. The molecule has 0 spiro atoms. The normalized spacial score (nSPS) is 10.8. The number of H-pyrrole nitrogens is 1. The number of nitrogens with one attached hydrogen (secondary N) is 1. The van der Waals surface area contributed by atoms with Gasteiger partial charge in [0.15, 0.2) is 5.16 Å². The van der Waals surface area contributed by atoms with Crippen LogP contribution in [-0.2, 0) is 16.0 Å². The molecule has 102 valence electrons. The number of thioether (sulfide) groups is 1. The van der Waals surface area contributed by atoms with Gasteiger partial charge < -0.3 is 4.74 Å². The molecular weight excluding hydrogens is 268 g/mol. The van der Waals surface area contributed by atoms with E-state index in [0.717, 1.165) is 5.69 Å². The van der Waals surface area contributed by atoms with Gasteiger partial charge in [0.1, 0.15) is 0 Å². The minimum Gasteiger partial charge on any atom is -0.465 e. The summed E-state index contributed by atoms with van der Waals surface area (Å²) in [6.45, 7) is 4.05. The Morgan fingerprint density at radius 2 is 2.26 bits per heavy atom. The zero-order valence-corrected chi connectivity index (χ0v) is 11.5. The van der Waals surface area contributed by atoms with Crippen LogP contribution in [0.4, 0.5) is 0 Å². The Morgan fingerprint density at radius 3 is 2.95 bits per heavy atom. The highest BCUT2D eigenvalue weighted by molar-refractivity contribution is 7.99. The third-order valence-electron chi connectivity index (χ3n) is 2.44. The first kappa shape index (κ1) is 13.6. The van der Waals surface area contributed by atoms with Gasteiger partial charge in [-0.25, -0.2) is 0 Å². The van der Waals surface area contributed by atoms with Gasteiger partial charge in [-0.15, -0.1) is 10.2 Å². The number of fused-ring (bicyclic) bond motifs is 1. The predicted octanol–water partition coefficient (Wildman–Crippen LogP) is 0.635. The summed E-state index contributed by atoms with van der Waals surface area (Å²) in [5, 5.41) is 8.44. The molecule has 2 rings (SSSR count). The first-order chi connectivity index (χ1) is 9.15. The summed E-state index contributed by atoms with van der Waals surface area (Å²) in [5.74, 6) is 0.249. The van der Waals surface area contributed by atoms with E-state index in [0.29, 0.717) is 24.0 Å². The molecule has 0 aromatic carbocycles. The average molecular weight is 282 g/mol. The Bertz CT molecular complexity index is 649. The van der Waals surface area contributed by atoms with Gasteiger partial charge in [-0.1, -0.05) is 18.7 Å². The van der Waals surface area contributed by atoms with Crippen molar-refractivity contribution in [2.45, 2.75) is 25.4 Å². The second kappa shape index (κ2) is 5.87. The van der Waals surface area contributed by atoms with E-state index < -0.39 is 0 Å². The van der Waals surface area contributed by atoms with Crippen LogP contribution in [0.25, 0.3) is 5.78 Å². The molecule has 0 bridgehead atoms. The van der Waals surface area contributed by atoms with Gasteiger partial charge in [-0.2, -0.15) is 0 Å². The smallest absolute Gasteiger partial charge is 0.316 e. The number of carbonyl (C=O) groups excluding carboxylic acids is 1. The van der Waals surface area contributed by atoms with Crippen LogP contribution in [0.15, 0.2) is 16.0 Å². The van der Waals surface area contributed by atoms with E-state index in [9.17, 15) is 9.59 Å². The lowest BCUT2D eigenvalue weighted by Gasteiger charge is -2.04. The number of rotatable bonds is 5. The molecule has 7 nitrogen and oxygen atoms in total. The topological polar surface area (TPSA) is 89.3 Å². The van der Waals surface area contributed by atoms with Crippen molar-refractivity contribution in [3.63, 3.8) is 0 Å². The van der Waals surface area contributed by atoms with Gasteiger partial charge in [0, 0.05) is 11.8 Å². The Morgan fingerprint density at radius 1 is 1.47 bits per heavy atom. The fourth-order valence-corrected chi connectivity index (χ4v) is 2.41. The van der Waals surface area contributed by atoms with Gasteiger partial charge in [0.25, 0.3) is 5.56 Å². The number of aromatic nitrogens is 4. The summed E-state index contributed by atoms with van der Waals surface area (Å²) >= 11 is 1.23. The number of nitrogens with zero attached hydrogens (tertiary/aromatic N) is 3. The molecule has 0 radical (unpaired) electrons. The third-order valence-corrected chi connectivity index (χ3v) is 3.34. The first-order valence-electron chi connectivity index (χ1n) is 5.91. The van der Waals surface area contributed by atoms with E-state index in [1.54, 1.807) is 11.3 Å². The highest BCUT2D eigenvalue weighted by Crippen LogP contribution is 2.17. The Labute approximate surface area is 113 Å². The van der Waals surface area contributed by atoms with Crippen LogP contribution in [0.2, 0.25) is 0 Å². The summed E-state index contributed by atoms with van der Waals surface area (Å²) in [4.78, 5) is 25.3. The zero-order chi connectivity index (χ0) is 13.8. The van der Waals surface area contributed by atoms with Crippen molar-refractivity contribution in [2.75, 3.05) is 12.4 Å². The highest BCUT2D eigenvalue weighted by atomic mass is 32.2. The number of aromatic amines is 1. The summed E-state index contributed by atoms with van der Waals surface area (Å²) in [7, 11) is 0. The maximum absolute atomic E-state index is 11.4. The van der Waals surface area contributed by atoms with Crippen LogP contribution in [0.3, 0.4) is 0 Å². The minimum atomic E-state index is -0.299. The van der Waals surface area contributed by atoms with E-state index in [2.05, 4.69) is 15.2 Å². The molecule has 0 saturated heterocycles. The van der Waals surface area contributed by atoms with E-state index >= 15 is 0 Å². The van der Waals surface area contributed by atoms with Crippen LogP contribution in [0.1, 0.15) is 19.5 Å². The third kappa shape index (κ3) is 2.95. The largest absolute Gasteiger partial charge is 0.465 e. The molecule has 0 atom stereocenters. The van der Waals surface area contributed by atoms with Crippen LogP contribution in [-0.4, -0.2) is 37.9 Å². The van der Waals surface area contributed by atoms with E-state index in [4.69, 9.17) is 4.74 Å². The number of hydrogen-bond acceptors (Lipinski definition) is 6. The maximum atomic E-state index is 11.4. The molecule has 0 aliphatic heterocycles. The number of carbonyl (C=O) groups is 1. The molecule has 0 saturated carbocycles. The molecule has 0 unspecified atom stereocenters. The second-order valence-corrected chi connectivity index (χ2v) is 4.66. The molecule has 2 aromatic rings. The van der Waals surface area contributed by atoms with Crippen LogP contribution in [0, 0.1) is 0 Å². The number of esters is 1. The summed E-state index contributed by atoms with van der Waals surface area (Å²) in [6.07, 6.45) is 0.672. The van der Waals surface area contributed by atoms with Crippen molar-refractivity contribution in [2.24, 2.45) is 0 Å². The fourth-order valence-electron chi connectivity index (χ4n) is 1.65. The van der Waals surface area contributed by atoms with Gasteiger partial charge in [0.2, 0.25) is 5.78 Å². The molecule has 0 amide bonds. The molecule has 0 aliphatic rings. The molecule has 2 aromatic heterocycles. The van der Waals surface area contributed by atoms with E-state index in [1.165, 1.54) is 17.8 Å². The van der Waals surface area contributed by atoms with Crippen molar-refractivity contribution in [3.8, 4) is 0 Å². The Balaban J connectivity index is 2.29. The van der Waals surface area contributed by atoms with Crippen LogP contribution in [0.5, 0.6) is 0 Å². The zero-order valence-electron chi connectivity index (χ0n) is 10.7. The fraction of sp³-hybridized carbons (Fsp3) is 0.455. The van der Waals surface area contributed by atoms with E-state index in [-0.39, 0.29) is 17.3 Å². The van der Waals surface area contributed by atoms with Crippen molar-refractivity contribution in [1.82, 2.24) is 19.6 Å². The quantitative estimate of drug-likeness (QED) is 0.639. The summed E-state index contributed by atoms with van der Waals surface area (Å²) in [5.41, 5.74) is 0.591. The Hall–Kier alpha value is -1.83. The molecule has 1 N–H and O–H groups in total. The van der Waals surface area contributed by atoms with Gasteiger partial charge in [-0.05, 0) is 13.3 Å². The minimum absolute atomic E-state index is 0.164. The average Bonchev–Trinajstić information content (AvgIpc) is 2.78. The maximum Gasteiger partial charge on any atom is 0.316 e. The van der Waals surface area contributed by atoms with Crippen molar-refractivity contribution >= 4 is 23.5 Å². The summed E-state index contributed by atoms with van der Waals surface area (Å²) < 4.78 is 6.59. The lowest BCUT2D eigenvalue weighted by atomic mass is 10.3. The number of hydrogen-bond donors (Lipinski definition) is 1. The number of ether oxygens (including phenoxy) is 1. The van der Waals surface area contributed by atoms with Crippen LogP contribution < -0.4 is 5.56 Å². The molecule has 8 heteroatoms. The van der Waals surface area contributed by atoms with E-state index in [1.807, 2.05) is 6.92 Å². The van der Waals surface area contributed by atoms with Gasteiger partial charge in [-0.3, -0.25) is 19.0 Å². The van der Waals surface area contributed by atoms with Crippen LogP contribution >= 0.6 is 11.8 Å². The standard InChI is InChI=1S/C11H14N4O3S/c1-3-7-5-8(16)12-10-13-14-11(15(7)10)19-6-9(17)18-4-2/h5H,3-4,6H2,1-2H3,(H,12,13,16). The molecule has 0 fully saturated rings. The van der Waals surface area contributed by atoms with Crippen molar-refractivity contribution in [3.05, 3.63) is 22.1 Å². The monoisotopic (exact) mass is 282 g/mol. The summed E-state index contributed by atoms with van der Waals surface area (Å²) in [6, 6.07) is 1.50. The first-order valence-corrected chi connectivity index (χ1v) is 6.90. The van der Waals surface area contributed by atoms with Gasteiger partial charge >= 0.3 is 5.97 Å². The molecular formula is C11H14N4O3S.